The van der Waals surface area contributed by atoms with Gasteiger partial charge < -0.3 is 14.3 Å². The normalized spacial score (nSPS) is 15.5. The summed E-state index contributed by atoms with van der Waals surface area (Å²) < 4.78 is 10.6. The van der Waals surface area contributed by atoms with Crippen LogP contribution in [0.15, 0.2) is 39.7 Å². The predicted octanol–water partition coefficient (Wildman–Crippen LogP) is 3.35. The lowest BCUT2D eigenvalue weighted by Gasteiger charge is -2.10. The van der Waals surface area contributed by atoms with E-state index < -0.39 is 23.7 Å². The second-order valence-corrected chi connectivity index (χ2v) is 7.08. The molecule has 0 saturated carbocycles. The first-order valence-electron chi connectivity index (χ1n) is 8.64. The summed E-state index contributed by atoms with van der Waals surface area (Å²) in [5.41, 5.74) is 2.62. The molecule has 7 nitrogen and oxygen atoms in total. The second kappa shape index (κ2) is 8.45. The fraction of sp³-hybridized carbons (Fsp3) is 0.250. The Labute approximate surface area is 166 Å². The maximum absolute atomic E-state index is 12.4. The number of carbonyl (C=O) groups is 3. The lowest BCUT2D eigenvalue weighted by molar-refractivity contribution is -0.145. The molecule has 1 fully saturated rings. The molecule has 1 aliphatic rings. The molecule has 1 aliphatic heterocycles. The Balaban J connectivity index is 1.79. The topological polar surface area (TPSA) is 97.1 Å². The first kappa shape index (κ1) is 19.9. The van der Waals surface area contributed by atoms with Gasteiger partial charge in [0.2, 0.25) is 0 Å². The van der Waals surface area contributed by atoms with E-state index in [2.05, 4.69) is 0 Å². The number of imide groups is 1. The van der Waals surface area contributed by atoms with Gasteiger partial charge in [-0.15, -0.1) is 0 Å². The standard InChI is InChI=1S/C20H19NO6S/c1-3-26-18(23)10-21-19(24)17(28-20(21)25)9-14-5-7-16(27-14)15-6-4-13(11-22)8-12(15)2/h4-9,22H,3,10-11H2,1-2H3/b17-9-. The van der Waals surface area contributed by atoms with E-state index in [1.54, 1.807) is 19.1 Å². The number of benzene rings is 1. The van der Waals surface area contributed by atoms with Crippen molar-refractivity contribution < 1.29 is 28.6 Å². The number of aryl methyl sites for hydroxylation is 1. The average molecular weight is 401 g/mol. The van der Waals surface area contributed by atoms with Gasteiger partial charge in [-0.1, -0.05) is 18.2 Å². The largest absolute Gasteiger partial charge is 0.465 e. The lowest BCUT2D eigenvalue weighted by Crippen LogP contribution is -2.34. The Morgan fingerprint density at radius 1 is 1.29 bits per heavy atom. The van der Waals surface area contributed by atoms with Crippen molar-refractivity contribution in [3.8, 4) is 11.3 Å². The summed E-state index contributed by atoms with van der Waals surface area (Å²) in [5, 5.41) is 8.69. The minimum absolute atomic E-state index is 0.0354. The van der Waals surface area contributed by atoms with Crippen LogP contribution in [-0.4, -0.2) is 40.3 Å². The number of furan rings is 1. The van der Waals surface area contributed by atoms with Crippen LogP contribution in [0.25, 0.3) is 17.4 Å². The molecule has 0 atom stereocenters. The molecule has 2 aromatic rings. The van der Waals surface area contributed by atoms with Crippen LogP contribution < -0.4 is 0 Å². The van der Waals surface area contributed by atoms with Gasteiger partial charge in [-0.3, -0.25) is 19.3 Å². The fourth-order valence-corrected chi connectivity index (χ4v) is 3.60. The van der Waals surface area contributed by atoms with Gasteiger partial charge in [-0.25, -0.2) is 0 Å². The molecule has 2 amide bonds. The summed E-state index contributed by atoms with van der Waals surface area (Å²) in [5.74, 6) is -0.154. The molecule has 3 rings (SSSR count). The molecule has 28 heavy (non-hydrogen) atoms. The molecule has 146 valence electrons. The molecule has 2 heterocycles. The van der Waals surface area contributed by atoms with Crippen LogP contribution in [0.4, 0.5) is 4.79 Å². The summed E-state index contributed by atoms with van der Waals surface area (Å²) in [7, 11) is 0. The minimum Gasteiger partial charge on any atom is -0.465 e. The number of esters is 1. The zero-order valence-corrected chi connectivity index (χ0v) is 16.2. The minimum atomic E-state index is -0.631. The zero-order valence-electron chi connectivity index (χ0n) is 15.4. The molecule has 0 unspecified atom stereocenters. The van der Waals surface area contributed by atoms with E-state index in [9.17, 15) is 19.5 Å². The highest BCUT2D eigenvalue weighted by Gasteiger charge is 2.36. The molecule has 0 bridgehead atoms. The third-order valence-electron chi connectivity index (χ3n) is 4.11. The number of aliphatic hydroxyl groups excluding tert-OH is 1. The molecule has 1 aromatic heterocycles. The highest BCUT2D eigenvalue weighted by Crippen LogP contribution is 2.33. The van der Waals surface area contributed by atoms with Crippen LogP contribution in [0.1, 0.15) is 23.8 Å². The number of nitrogens with zero attached hydrogens (tertiary/aromatic N) is 1. The van der Waals surface area contributed by atoms with Gasteiger partial charge in [0.1, 0.15) is 18.1 Å². The average Bonchev–Trinajstić information content (AvgIpc) is 3.22. The van der Waals surface area contributed by atoms with Crippen molar-refractivity contribution in [3.05, 3.63) is 52.1 Å². The van der Waals surface area contributed by atoms with E-state index in [-0.39, 0.29) is 18.1 Å². The number of ether oxygens (including phenoxy) is 1. The van der Waals surface area contributed by atoms with Crippen LogP contribution in [0.2, 0.25) is 0 Å². The lowest BCUT2D eigenvalue weighted by atomic mass is 10.0. The monoisotopic (exact) mass is 401 g/mol. The Kier molecular flexibility index (Phi) is 6.01. The zero-order chi connectivity index (χ0) is 20.3. The number of rotatable bonds is 6. The van der Waals surface area contributed by atoms with Crippen molar-refractivity contribution >= 4 is 35.0 Å². The van der Waals surface area contributed by atoms with Crippen LogP contribution in [-0.2, 0) is 20.9 Å². The van der Waals surface area contributed by atoms with E-state index in [1.165, 1.54) is 6.08 Å². The van der Waals surface area contributed by atoms with Gasteiger partial charge in [-0.05, 0) is 48.9 Å². The maximum atomic E-state index is 12.4. The van der Waals surface area contributed by atoms with E-state index >= 15 is 0 Å². The van der Waals surface area contributed by atoms with E-state index in [0.717, 1.165) is 33.4 Å². The number of carbonyl (C=O) groups excluding carboxylic acids is 3. The molecule has 0 radical (unpaired) electrons. The Bertz CT molecular complexity index is 961. The van der Waals surface area contributed by atoms with Crippen molar-refractivity contribution in [1.82, 2.24) is 4.90 Å². The summed E-state index contributed by atoms with van der Waals surface area (Å²) in [6.45, 7) is 3.30. The van der Waals surface area contributed by atoms with E-state index in [0.29, 0.717) is 11.5 Å². The molecule has 0 aliphatic carbocycles. The van der Waals surface area contributed by atoms with Crippen LogP contribution in [0, 0.1) is 6.92 Å². The number of aliphatic hydroxyl groups is 1. The highest BCUT2D eigenvalue weighted by molar-refractivity contribution is 8.18. The van der Waals surface area contributed by atoms with Crippen molar-refractivity contribution in [2.45, 2.75) is 20.5 Å². The summed E-state index contributed by atoms with van der Waals surface area (Å²) in [4.78, 5) is 37.0. The predicted molar refractivity (Wildman–Crippen MR) is 104 cm³/mol. The smallest absolute Gasteiger partial charge is 0.326 e. The third kappa shape index (κ3) is 4.18. The molecule has 1 N–H and O–H groups in total. The Morgan fingerprint density at radius 3 is 2.75 bits per heavy atom. The van der Waals surface area contributed by atoms with Crippen molar-refractivity contribution in [2.24, 2.45) is 0 Å². The Morgan fingerprint density at radius 2 is 2.07 bits per heavy atom. The quantitative estimate of drug-likeness (QED) is 0.586. The van der Waals surface area contributed by atoms with Crippen molar-refractivity contribution in [3.63, 3.8) is 0 Å². The SMILES string of the molecule is CCOC(=O)CN1C(=O)S/C(=C\c2ccc(-c3ccc(CO)cc3C)o2)C1=O. The Hall–Kier alpha value is -2.84. The maximum Gasteiger partial charge on any atom is 0.326 e. The van der Waals surface area contributed by atoms with Gasteiger partial charge in [-0.2, -0.15) is 0 Å². The van der Waals surface area contributed by atoms with Gasteiger partial charge in [0.15, 0.2) is 0 Å². The summed E-state index contributed by atoms with van der Waals surface area (Å²) in [6, 6.07) is 9.02. The summed E-state index contributed by atoms with van der Waals surface area (Å²) >= 11 is 0.753. The number of hydrogen-bond donors (Lipinski definition) is 1. The van der Waals surface area contributed by atoms with Crippen LogP contribution in [0.3, 0.4) is 0 Å². The van der Waals surface area contributed by atoms with Crippen LogP contribution >= 0.6 is 11.8 Å². The molecule has 1 aromatic carbocycles. The highest BCUT2D eigenvalue weighted by atomic mass is 32.2. The van der Waals surface area contributed by atoms with Crippen molar-refractivity contribution in [2.75, 3.05) is 13.2 Å². The second-order valence-electron chi connectivity index (χ2n) is 6.08. The first-order chi connectivity index (χ1) is 13.4. The molecular formula is C20H19NO6S. The summed E-state index contributed by atoms with van der Waals surface area (Å²) in [6.07, 6.45) is 1.48. The molecule has 8 heteroatoms. The van der Waals surface area contributed by atoms with Crippen molar-refractivity contribution in [1.29, 1.82) is 0 Å². The first-order valence-corrected chi connectivity index (χ1v) is 9.46. The fourth-order valence-electron chi connectivity index (χ4n) is 2.78. The van der Waals surface area contributed by atoms with Gasteiger partial charge in [0.05, 0.1) is 18.1 Å². The van der Waals surface area contributed by atoms with E-state index in [1.807, 2.05) is 25.1 Å². The third-order valence-corrected chi connectivity index (χ3v) is 5.01. The van der Waals surface area contributed by atoms with Gasteiger partial charge in [0, 0.05) is 11.6 Å². The number of hydrogen-bond acceptors (Lipinski definition) is 7. The molecule has 1 saturated heterocycles. The molecule has 0 spiro atoms. The number of amides is 2. The number of thioether (sulfide) groups is 1. The van der Waals surface area contributed by atoms with E-state index in [4.69, 9.17) is 9.15 Å². The van der Waals surface area contributed by atoms with Gasteiger partial charge in [0.25, 0.3) is 11.1 Å². The molecular weight excluding hydrogens is 382 g/mol. The van der Waals surface area contributed by atoms with Gasteiger partial charge >= 0.3 is 5.97 Å². The van der Waals surface area contributed by atoms with Crippen LogP contribution in [0.5, 0.6) is 0 Å².